The molecule has 1 rings (SSSR count). The zero-order valence-corrected chi connectivity index (χ0v) is 10.9. The van der Waals surface area contributed by atoms with Crippen molar-refractivity contribution >= 4 is 17.5 Å². The normalized spacial score (nSPS) is 10.4. The van der Waals surface area contributed by atoms with Crippen LogP contribution in [0.2, 0.25) is 0 Å². The van der Waals surface area contributed by atoms with Crippen molar-refractivity contribution < 1.29 is 9.59 Å². The maximum Gasteiger partial charge on any atom is 0.254 e. The molecule has 0 aliphatic rings. The van der Waals surface area contributed by atoms with E-state index >= 15 is 0 Å². The molecule has 0 saturated heterocycles. The van der Waals surface area contributed by atoms with Crippen molar-refractivity contribution in [3.63, 3.8) is 0 Å². The topological polar surface area (TPSA) is 89.4 Å². The molecule has 0 fully saturated rings. The van der Waals surface area contributed by atoms with E-state index in [-0.39, 0.29) is 18.5 Å². The average molecular weight is 249 g/mol. The lowest BCUT2D eigenvalue weighted by Crippen LogP contribution is -2.43. The lowest BCUT2D eigenvalue weighted by molar-refractivity contribution is -0.119. The van der Waals surface area contributed by atoms with Crippen LogP contribution in [-0.2, 0) is 4.79 Å². The molecule has 98 valence electrons. The van der Waals surface area contributed by atoms with Gasteiger partial charge in [-0.2, -0.15) is 0 Å². The van der Waals surface area contributed by atoms with Gasteiger partial charge in [-0.1, -0.05) is 6.07 Å². The van der Waals surface area contributed by atoms with Gasteiger partial charge in [-0.15, -0.1) is 0 Å². The van der Waals surface area contributed by atoms with Crippen LogP contribution in [0.25, 0.3) is 0 Å². The summed E-state index contributed by atoms with van der Waals surface area (Å²) in [6.45, 7) is 5.41. The van der Waals surface area contributed by atoms with Gasteiger partial charge < -0.3 is 16.4 Å². The summed E-state index contributed by atoms with van der Waals surface area (Å²) in [5.41, 5.74) is 12.7. The van der Waals surface area contributed by atoms with Gasteiger partial charge in [-0.05, 0) is 38.5 Å². The summed E-state index contributed by atoms with van der Waals surface area (Å²) in [7, 11) is 0. The summed E-state index contributed by atoms with van der Waals surface area (Å²) in [6.07, 6.45) is 0. The minimum Gasteiger partial charge on any atom is -0.399 e. The molecule has 4 N–H and O–H groups in total. The molecule has 0 spiro atoms. The number of rotatable bonds is 4. The third-order valence-corrected chi connectivity index (χ3v) is 2.70. The van der Waals surface area contributed by atoms with Gasteiger partial charge >= 0.3 is 0 Å². The Hall–Kier alpha value is -2.04. The van der Waals surface area contributed by atoms with Crippen LogP contribution in [0.4, 0.5) is 5.69 Å². The zero-order valence-electron chi connectivity index (χ0n) is 10.9. The van der Waals surface area contributed by atoms with Crippen LogP contribution in [0.15, 0.2) is 18.2 Å². The third-order valence-electron chi connectivity index (χ3n) is 2.70. The van der Waals surface area contributed by atoms with E-state index in [2.05, 4.69) is 0 Å². The van der Waals surface area contributed by atoms with Crippen molar-refractivity contribution in [1.29, 1.82) is 0 Å². The Morgan fingerprint density at radius 1 is 1.33 bits per heavy atom. The minimum atomic E-state index is -0.529. The second-order valence-corrected chi connectivity index (χ2v) is 4.57. The van der Waals surface area contributed by atoms with E-state index in [0.29, 0.717) is 11.3 Å². The lowest BCUT2D eigenvalue weighted by Gasteiger charge is -2.26. The number of anilines is 1. The molecule has 5 nitrogen and oxygen atoms in total. The Bertz CT molecular complexity index is 469. The summed E-state index contributed by atoms with van der Waals surface area (Å²) in [6, 6.07) is 5.03. The van der Waals surface area contributed by atoms with Crippen molar-refractivity contribution in [3.8, 4) is 0 Å². The van der Waals surface area contributed by atoms with Gasteiger partial charge in [0.25, 0.3) is 5.91 Å². The number of carbonyl (C=O) groups is 2. The molecule has 0 bridgehead atoms. The highest BCUT2D eigenvalue weighted by molar-refractivity contribution is 5.98. The SMILES string of the molecule is Cc1ccc(N)cc1C(=O)N(CC(N)=O)C(C)C. The molecular formula is C13H19N3O2. The van der Waals surface area contributed by atoms with Crippen LogP contribution in [0, 0.1) is 6.92 Å². The summed E-state index contributed by atoms with van der Waals surface area (Å²) in [5, 5.41) is 0. The van der Waals surface area contributed by atoms with Gasteiger partial charge in [0.15, 0.2) is 0 Å². The smallest absolute Gasteiger partial charge is 0.254 e. The van der Waals surface area contributed by atoms with Crippen molar-refractivity contribution in [2.45, 2.75) is 26.8 Å². The number of amides is 2. The molecule has 1 aromatic carbocycles. The highest BCUT2D eigenvalue weighted by atomic mass is 16.2. The number of nitrogens with zero attached hydrogens (tertiary/aromatic N) is 1. The molecule has 0 aliphatic carbocycles. The van der Waals surface area contributed by atoms with Crippen LogP contribution in [0.1, 0.15) is 29.8 Å². The monoisotopic (exact) mass is 249 g/mol. The molecule has 0 heterocycles. The summed E-state index contributed by atoms with van der Waals surface area (Å²) in [4.78, 5) is 24.8. The molecule has 0 aromatic heterocycles. The van der Waals surface area contributed by atoms with E-state index in [0.717, 1.165) is 5.56 Å². The highest BCUT2D eigenvalue weighted by Crippen LogP contribution is 2.16. The predicted molar refractivity (Wildman–Crippen MR) is 71.0 cm³/mol. The predicted octanol–water partition coefficient (Wildman–Crippen LogP) is 0.913. The number of hydrogen-bond acceptors (Lipinski definition) is 3. The average Bonchev–Trinajstić information content (AvgIpc) is 2.27. The van der Waals surface area contributed by atoms with Crippen LogP contribution in [0.3, 0.4) is 0 Å². The van der Waals surface area contributed by atoms with Crippen LogP contribution >= 0.6 is 0 Å². The number of hydrogen-bond donors (Lipinski definition) is 2. The van der Waals surface area contributed by atoms with Crippen molar-refractivity contribution in [2.24, 2.45) is 5.73 Å². The first kappa shape index (κ1) is 14.0. The highest BCUT2D eigenvalue weighted by Gasteiger charge is 2.21. The first-order valence-corrected chi connectivity index (χ1v) is 5.78. The van der Waals surface area contributed by atoms with Crippen molar-refractivity contribution in [3.05, 3.63) is 29.3 Å². The number of carbonyl (C=O) groups excluding carboxylic acids is 2. The van der Waals surface area contributed by atoms with E-state index in [1.807, 2.05) is 20.8 Å². The molecule has 5 heteroatoms. The molecule has 2 amide bonds. The lowest BCUT2D eigenvalue weighted by atomic mass is 10.1. The molecule has 0 aliphatic heterocycles. The Morgan fingerprint density at radius 3 is 2.44 bits per heavy atom. The second kappa shape index (κ2) is 5.53. The van der Waals surface area contributed by atoms with E-state index in [1.165, 1.54) is 4.90 Å². The molecule has 18 heavy (non-hydrogen) atoms. The number of benzene rings is 1. The fourth-order valence-electron chi connectivity index (χ4n) is 1.68. The largest absolute Gasteiger partial charge is 0.399 e. The fraction of sp³-hybridized carbons (Fsp3) is 0.385. The van der Waals surface area contributed by atoms with Crippen LogP contribution < -0.4 is 11.5 Å². The van der Waals surface area contributed by atoms with Gasteiger partial charge in [0.2, 0.25) is 5.91 Å². The first-order chi connectivity index (χ1) is 8.32. The Morgan fingerprint density at radius 2 is 1.94 bits per heavy atom. The molecule has 0 unspecified atom stereocenters. The zero-order chi connectivity index (χ0) is 13.9. The van der Waals surface area contributed by atoms with Gasteiger partial charge in [0, 0.05) is 17.3 Å². The Balaban J connectivity index is 3.09. The van der Waals surface area contributed by atoms with E-state index < -0.39 is 5.91 Å². The first-order valence-electron chi connectivity index (χ1n) is 5.78. The van der Waals surface area contributed by atoms with E-state index in [1.54, 1.807) is 18.2 Å². The number of primary amides is 1. The Labute approximate surface area is 107 Å². The minimum absolute atomic E-state index is 0.0925. The molecule has 1 aromatic rings. The number of nitrogens with two attached hydrogens (primary N) is 2. The number of aryl methyl sites for hydroxylation is 1. The maximum absolute atomic E-state index is 12.4. The summed E-state index contributed by atoms with van der Waals surface area (Å²) in [5.74, 6) is -0.757. The quantitative estimate of drug-likeness (QED) is 0.777. The second-order valence-electron chi connectivity index (χ2n) is 4.57. The van der Waals surface area contributed by atoms with Crippen LogP contribution in [0.5, 0.6) is 0 Å². The van der Waals surface area contributed by atoms with Crippen molar-refractivity contribution in [2.75, 3.05) is 12.3 Å². The van der Waals surface area contributed by atoms with Gasteiger partial charge in [-0.25, -0.2) is 0 Å². The standard InChI is InChI=1S/C13H19N3O2/c1-8(2)16(7-12(15)17)13(18)11-6-10(14)5-4-9(11)3/h4-6,8H,7,14H2,1-3H3,(H2,15,17). The van der Waals surface area contributed by atoms with Gasteiger partial charge in [0.05, 0.1) is 6.54 Å². The van der Waals surface area contributed by atoms with Gasteiger partial charge in [-0.3, -0.25) is 9.59 Å². The summed E-state index contributed by atoms with van der Waals surface area (Å²) >= 11 is 0. The third kappa shape index (κ3) is 3.23. The van der Waals surface area contributed by atoms with E-state index in [4.69, 9.17) is 11.5 Å². The van der Waals surface area contributed by atoms with Gasteiger partial charge in [0.1, 0.15) is 0 Å². The number of nitrogen functional groups attached to an aromatic ring is 1. The maximum atomic E-state index is 12.4. The fourth-order valence-corrected chi connectivity index (χ4v) is 1.68. The molecular weight excluding hydrogens is 230 g/mol. The van der Waals surface area contributed by atoms with Crippen molar-refractivity contribution in [1.82, 2.24) is 4.90 Å². The Kier molecular flexibility index (Phi) is 4.31. The molecule has 0 saturated carbocycles. The summed E-state index contributed by atoms with van der Waals surface area (Å²) < 4.78 is 0. The molecule has 0 atom stereocenters. The van der Waals surface area contributed by atoms with E-state index in [9.17, 15) is 9.59 Å². The van der Waals surface area contributed by atoms with Crippen LogP contribution in [-0.4, -0.2) is 29.3 Å². The molecule has 0 radical (unpaired) electrons.